The van der Waals surface area contributed by atoms with Gasteiger partial charge < -0.3 is 15.1 Å². The predicted octanol–water partition coefficient (Wildman–Crippen LogP) is 2.40. The van der Waals surface area contributed by atoms with Crippen LogP contribution in [-0.2, 0) is 11.3 Å². The van der Waals surface area contributed by atoms with Crippen LogP contribution in [0.25, 0.3) is 0 Å². The highest BCUT2D eigenvalue weighted by Crippen LogP contribution is 2.15. The average Bonchev–Trinajstić information content (AvgIpc) is 3.33. The normalized spacial score (nSPS) is 13.8. The van der Waals surface area contributed by atoms with Crippen LogP contribution in [0.4, 0.5) is 5.69 Å². The zero-order valence-corrected chi connectivity index (χ0v) is 17.5. The molecule has 7 nitrogen and oxygen atoms in total. The number of carbonyl (C=O) groups excluding carboxylic acids is 2. The van der Waals surface area contributed by atoms with Crippen LogP contribution < -0.4 is 10.2 Å². The highest BCUT2D eigenvalue weighted by atomic mass is 16.2. The van der Waals surface area contributed by atoms with E-state index < -0.39 is 0 Å². The number of nitrogens with one attached hydrogen (secondary N) is 1. The van der Waals surface area contributed by atoms with Crippen LogP contribution >= 0.6 is 0 Å². The molecule has 1 saturated heterocycles. The van der Waals surface area contributed by atoms with E-state index >= 15 is 0 Å². The molecule has 1 aliphatic rings. The molecule has 4 rings (SSSR count). The molecule has 0 radical (unpaired) electrons. The number of para-hydroxylation sites is 1. The van der Waals surface area contributed by atoms with Gasteiger partial charge in [-0.3, -0.25) is 14.3 Å². The Labute approximate surface area is 182 Å². The van der Waals surface area contributed by atoms with Crippen molar-refractivity contribution < 1.29 is 9.59 Å². The van der Waals surface area contributed by atoms with Gasteiger partial charge in [0.1, 0.15) is 0 Å². The molecule has 3 aromatic rings. The van der Waals surface area contributed by atoms with Crippen molar-refractivity contribution in [2.24, 2.45) is 0 Å². The molecular weight excluding hydrogens is 390 g/mol. The highest BCUT2D eigenvalue weighted by Gasteiger charge is 2.21. The van der Waals surface area contributed by atoms with Gasteiger partial charge in [0.05, 0.1) is 6.54 Å². The molecule has 0 unspecified atom stereocenters. The van der Waals surface area contributed by atoms with Crippen molar-refractivity contribution in [1.29, 1.82) is 0 Å². The fraction of sp³-hybridized carbons (Fsp3) is 0.292. The summed E-state index contributed by atoms with van der Waals surface area (Å²) in [6.45, 7) is 4.07. The third-order valence-corrected chi connectivity index (χ3v) is 5.50. The molecule has 160 valence electrons. The number of amides is 2. The van der Waals surface area contributed by atoms with E-state index in [1.54, 1.807) is 18.3 Å². The zero-order chi connectivity index (χ0) is 21.5. The Bertz CT molecular complexity index is 979. The quantitative estimate of drug-likeness (QED) is 0.641. The van der Waals surface area contributed by atoms with Gasteiger partial charge in [-0.1, -0.05) is 30.3 Å². The number of benzene rings is 2. The van der Waals surface area contributed by atoms with Crippen molar-refractivity contribution >= 4 is 17.5 Å². The summed E-state index contributed by atoms with van der Waals surface area (Å²) in [5, 5.41) is 7.04. The maximum atomic E-state index is 12.5. The van der Waals surface area contributed by atoms with Crippen molar-refractivity contribution in [3.63, 3.8) is 0 Å². The Kier molecular flexibility index (Phi) is 6.62. The first-order valence-electron chi connectivity index (χ1n) is 10.6. The van der Waals surface area contributed by atoms with Crippen LogP contribution in [0.15, 0.2) is 73.1 Å². The lowest BCUT2D eigenvalue weighted by Gasteiger charge is -2.36. The number of hydrogen-bond acceptors (Lipinski definition) is 4. The molecule has 0 spiro atoms. The fourth-order valence-electron chi connectivity index (χ4n) is 3.74. The second-order valence-corrected chi connectivity index (χ2v) is 7.61. The first kappa shape index (κ1) is 20.7. The molecule has 7 heteroatoms. The second-order valence-electron chi connectivity index (χ2n) is 7.61. The van der Waals surface area contributed by atoms with Gasteiger partial charge in [0.25, 0.3) is 5.91 Å². The van der Waals surface area contributed by atoms with Crippen LogP contribution in [0.5, 0.6) is 0 Å². The lowest BCUT2D eigenvalue weighted by molar-refractivity contribution is -0.131. The van der Waals surface area contributed by atoms with Crippen LogP contribution in [0.2, 0.25) is 0 Å². The van der Waals surface area contributed by atoms with Gasteiger partial charge in [0.15, 0.2) is 0 Å². The van der Waals surface area contributed by atoms with Gasteiger partial charge in [0, 0.05) is 62.8 Å². The molecule has 0 aliphatic carbocycles. The first-order chi connectivity index (χ1) is 15.2. The number of hydrogen-bond donors (Lipinski definition) is 1. The lowest BCUT2D eigenvalue weighted by atomic mass is 10.1. The molecule has 1 aliphatic heterocycles. The summed E-state index contributed by atoms with van der Waals surface area (Å²) in [4.78, 5) is 29.1. The third-order valence-electron chi connectivity index (χ3n) is 5.50. The topological polar surface area (TPSA) is 70.5 Å². The van der Waals surface area contributed by atoms with Gasteiger partial charge in [-0.05, 0) is 35.9 Å². The first-order valence-corrected chi connectivity index (χ1v) is 10.6. The number of nitrogens with zero attached hydrogens (tertiary/aromatic N) is 4. The molecular formula is C24H27N5O2. The highest BCUT2D eigenvalue weighted by molar-refractivity contribution is 5.94. The van der Waals surface area contributed by atoms with Crippen LogP contribution in [0, 0.1) is 0 Å². The monoisotopic (exact) mass is 417 g/mol. The fourth-order valence-corrected chi connectivity index (χ4v) is 3.74. The average molecular weight is 418 g/mol. The van der Waals surface area contributed by atoms with Crippen molar-refractivity contribution in [2.45, 2.75) is 13.0 Å². The van der Waals surface area contributed by atoms with Gasteiger partial charge in [-0.2, -0.15) is 5.10 Å². The van der Waals surface area contributed by atoms with E-state index in [2.05, 4.69) is 27.4 Å². The molecule has 2 amide bonds. The summed E-state index contributed by atoms with van der Waals surface area (Å²) in [7, 11) is 0. The minimum Gasteiger partial charge on any atom is -0.368 e. The summed E-state index contributed by atoms with van der Waals surface area (Å²) >= 11 is 0. The molecule has 2 heterocycles. The molecule has 0 bridgehead atoms. The van der Waals surface area contributed by atoms with Gasteiger partial charge in [0.2, 0.25) is 5.91 Å². The second kappa shape index (κ2) is 9.93. The van der Waals surface area contributed by atoms with Crippen molar-refractivity contribution in [2.75, 3.05) is 37.6 Å². The zero-order valence-electron chi connectivity index (χ0n) is 17.5. The Morgan fingerprint density at radius 2 is 1.65 bits per heavy atom. The van der Waals surface area contributed by atoms with Crippen LogP contribution in [0.1, 0.15) is 22.3 Å². The summed E-state index contributed by atoms with van der Waals surface area (Å²) in [5.74, 6) is -0.0741. The lowest BCUT2D eigenvalue weighted by Crippen LogP contribution is -2.49. The van der Waals surface area contributed by atoms with Crippen molar-refractivity contribution in [1.82, 2.24) is 20.0 Å². The maximum absolute atomic E-state index is 12.5. The van der Waals surface area contributed by atoms with E-state index in [-0.39, 0.29) is 11.8 Å². The molecule has 31 heavy (non-hydrogen) atoms. The van der Waals surface area contributed by atoms with Crippen LogP contribution in [-0.4, -0.2) is 59.2 Å². The predicted molar refractivity (Wildman–Crippen MR) is 120 cm³/mol. The summed E-state index contributed by atoms with van der Waals surface area (Å²) < 4.78 is 1.83. The van der Waals surface area contributed by atoms with Gasteiger partial charge >= 0.3 is 0 Å². The molecule has 1 aromatic heterocycles. The summed E-state index contributed by atoms with van der Waals surface area (Å²) in [6, 6.07) is 19.6. The van der Waals surface area contributed by atoms with E-state index in [4.69, 9.17) is 0 Å². The molecule has 1 N–H and O–H groups in total. The standard InChI is InChI=1S/C24H27N5O2/c30-23(28-17-15-27(16-18-28)22-5-2-1-3-6-22)11-13-25-24(31)21-9-7-20(8-10-21)19-29-14-4-12-26-29/h1-10,12,14H,11,13,15-19H2,(H,25,31). The van der Waals surface area contributed by atoms with Crippen molar-refractivity contribution in [3.05, 3.63) is 84.2 Å². The number of piperazine rings is 1. The summed E-state index contributed by atoms with van der Waals surface area (Å²) in [6.07, 6.45) is 3.96. The molecule has 2 aromatic carbocycles. The Balaban J connectivity index is 1.18. The van der Waals surface area contributed by atoms with Crippen LogP contribution in [0.3, 0.4) is 0 Å². The van der Waals surface area contributed by atoms with E-state index in [9.17, 15) is 9.59 Å². The Hall–Kier alpha value is -3.61. The SMILES string of the molecule is O=C(NCCC(=O)N1CCN(c2ccccc2)CC1)c1ccc(Cn2cccn2)cc1. The Morgan fingerprint density at radius 1 is 0.903 bits per heavy atom. The molecule has 0 saturated carbocycles. The number of rotatable bonds is 7. The largest absolute Gasteiger partial charge is 0.368 e. The van der Waals surface area contributed by atoms with Crippen molar-refractivity contribution in [3.8, 4) is 0 Å². The van der Waals surface area contributed by atoms with Gasteiger partial charge in [-0.15, -0.1) is 0 Å². The Morgan fingerprint density at radius 3 is 2.32 bits per heavy atom. The molecule has 0 atom stereocenters. The van der Waals surface area contributed by atoms with E-state index in [0.29, 0.717) is 38.2 Å². The minimum absolute atomic E-state index is 0.0857. The van der Waals surface area contributed by atoms with E-state index in [1.165, 1.54) is 5.69 Å². The summed E-state index contributed by atoms with van der Waals surface area (Å²) in [5.41, 5.74) is 2.86. The smallest absolute Gasteiger partial charge is 0.251 e. The van der Waals surface area contributed by atoms with E-state index in [0.717, 1.165) is 18.7 Å². The number of anilines is 1. The molecule has 1 fully saturated rings. The van der Waals surface area contributed by atoms with Gasteiger partial charge in [-0.25, -0.2) is 0 Å². The van der Waals surface area contributed by atoms with E-state index in [1.807, 2.05) is 52.2 Å². The maximum Gasteiger partial charge on any atom is 0.251 e. The minimum atomic E-state index is -0.160. The number of aromatic nitrogens is 2. The third kappa shape index (κ3) is 5.51. The number of carbonyl (C=O) groups is 2.